The summed E-state index contributed by atoms with van der Waals surface area (Å²) in [5, 5.41) is 18.4. The standard InChI is InChI=1S/C14H15NO4.F6P/c1-9-7-10(13(16)17)11(14(18)19)8-12(9)15-5-3-2-4-6-15;1-7(2,3,4,5)6/h2-6,10-11H,7-8H2,1H3,(H-,16,17,18,19);/q;-1/p+1/t10-,11-;/m0./s1. The van der Waals surface area contributed by atoms with Crippen molar-refractivity contribution in [3.05, 3.63) is 36.2 Å². The van der Waals surface area contributed by atoms with Gasteiger partial charge in [-0.2, -0.15) is 4.57 Å². The van der Waals surface area contributed by atoms with Crippen molar-refractivity contribution in [1.29, 1.82) is 0 Å². The summed E-state index contributed by atoms with van der Waals surface area (Å²) in [6.45, 7) is 1.86. The van der Waals surface area contributed by atoms with Crippen LogP contribution in [0.2, 0.25) is 0 Å². The average Bonchev–Trinajstić information content (AvgIpc) is 2.44. The molecule has 0 bridgehead atoms. The van der Waals surface area contributed by atoms with E-state index in [1.165, 1.54) is 0 Å². The summed E-state index contributed by atoms with van der Waals surface area (Å²) < 4.78 is 61.1. The van der Waals surface area contributed by atoms with Crippen LogP contribution in [0, 0.1) is 11.8 Å². The first-order valence-electron chi connectivity index (χ1n) is 7.13. The topological polar surface area (TPSA) is 78.5 Å². The third-order valence-electron chi connectivity index (χ3n) is 3.58. The second-order valence-electron chi connectivity index (χ2n) is 5.77. The number of hydrogen-bond acceptors (Lipinski definition) is 2. The van der Waals surface area contributed by atoms with Crippen LogP contribution in [0.3, 0.4) is 0 Å². The van der Waals surface area contributed by atoms with Gasteiger partial charge in [-0.1, -0.05) is 6.07 Å². The zero-order valence-electron chi connectivity index (χ0n) is 13.3. The molecule has 0 aliphatic heterocycles. The van der Waals surface area contributed by atoms with Crippen LogP contribution in [0.5, 0.6) is 0 Å². The van der Waals surface area contributed by atoms with Crippen molar-refractivity contribution in [2.24, 2.45) is 11.8 Å². The monoisotopic (exact) mass is 407 g/mol. The predicted molar refractivity (Wildman–Crippen MR) is 80.6 cm³/mol. The van der Waals surface area contributed by atoms with E-state index in [9.17, 15) is 39.9 Å². The van der Waals surface area contributed by atoms with Gasteiger partial charge in [0.05, 0.1) is 11.8 Å². The quantitative estimate of drug-likeness (QED) is 0.429. The fraction of sp³-hybridized carbons (Fsp3) is 0.357. The molecule has 0 saturated heterocycles. The first kappa shape index (κ1) is 21.9. The van der Waals surface area contributed by atoms with E-state index in [2.05, 4.69) is 0 Å². The molecule has 2 atom stereocenters. The molecule has 1 aliphatic rings. The van der Waals surface area contributed by atoms with E-state index in [-0.39, 0.29) is 12.8 Å². The SMILES string of the molecule is CC1=C([n+]2ccccc2)C[C@H](C(=O)O)[C@@H](C(=O)O)C1.F[P-](F)(F)(F)(F)F. The van der Waals surface area contributed by atoms with Crippen molar-refractivity contribution in [3.8, 4) is 0 Å². The van der Waals surface area contributed by atoms with Crippen LogP contribution < -0.4 is 4.57 Å². The minimum absolute atomic E-state index is 0.243. The molecule has 148 valence electrons. The zero-order valence-corrected chi connectivity index (χ0v) is 14.2. The Labute approximate surface area is 143 Å². The van der Waals surface area contributed by atoms with E-state index < -0.39 is 31.6 Å². The van der Waals surface area contributed by atoms with E-state index in [4.69, 9.17) is 5.11 Å². The molecule has 1 heterocycles. The molecule has 2 rings (SSSR count). The van der Waals surface area contributed by atoms with Crippen molar-refractivity contribution in [3.63, 3.8) is 0 Å². The third-order valence-corrected chi connectivity index (χ3v) is 3.58. The number of halogens is 6. The van der Waals surface area contributed by atoms with Gasteiger partial charge in [-0.15, -0.1) is 0 Å². The van der Waals surface area contributed by atoms with Gasteiger partial charge in [-0.25, -0.2) is 0 Å². The summed E-state index contributed by atoms with van der Waals surface area (Å²) in [6, 6.07) is 5.60. The van der Waals surface area contributed by atoms with Gasteiger partial charge in [-0.3, -0.25) is 9.59 Å². The number of carbonyl (C=O) groups is 2. The van der Waals surface area contributed by atoms with Crippen LogP contribution in [0.25, 0.3) is 5.70 Å². The molecule has 5 nitrogen and oxygen atoms in total. The molecule has 0 saturated carbocycles. The van der Waals surface area contributed by atoms with Crippen molar-refractivity contribution < 1.29 is 49.6 Å². The summed E-state index contributed by atoms with van der Waals surface area (Å²) >= 11 is 0. The van der Waals surface area contributed by atoms with Gasteiger partial charge in [0.15, 0.2) is 18.1 Å². The number of hydrogen-bond donors (Lipinski definition) is 2. The summed E-state index contributed by atoms with van der Waals surface area (Å²) in [4.78, 5) is 22.4. The molecule has 12 heteroatoms. The number of carboxylic acid groups (broad SMARTS) is 2. The van der Waals surface area contributed by atoms with Crippen molar-refractivity contribution in [2.75, 3.05) is 0 Å². The van der Waals surface area contributed by atoms with Gasteiger partial charge < -0.3 is 10.2 Å². The van der Waals surface area contributed by atoms with Crippen LogP contribution in [-0.4, -0.2) is 22.2 Å². The minimum atomic E-state index is -10.7. The van der Waals surface area contributed by atoms with Crippen molar-refractivity contribution in [2.45, 2.75) is 19.8 Å². The molecular formula is C14H16F6NO4P. The van der Waals surface area contributed by atoms with E-state index in [0.29, 0.717) is 0 Å². The van der Waals surface area contributed by atoms with Gasteiger partial charge in [-0.05, 0) is 18.9 Å². The predicted octanol–water partition coefficient (Wildman–Crippen LogP) is 4.78. The molecule has 0 radical (unpaired) electrons. The maximum absolute atomic E-state index is 11.3. The second kappa shape index (κ2) is 6.53. The molecule has 0 fully saturated rings. The van der Waals surface area contributed by atoms with Gasteiger partial charge in [0.1, 0.15) is 0 Å². The first-order chi connectivity index (χ1) is 11.5. The summed E-state index contributed by atoms with van der Waals surface area (Å²) in [5.41, 5.74) is 1.81. The maximum atomic E-state index is 11.3. The first-order valence-corrected chi connectivity index (χ1v) is 9.16. The number of allylic oxidation sites excluding steroid dienone is 2. The Morgan fingerprint density at radius 3 is 1.69 bits per heavy atom. The van der Waals surface area contributed by atoms with E-state index in [0.717, 1.165) is 11.3 Å². The van der Waals surface area contributed by atoms with Crippen LogP contribution in [0.15, 0.2) is 36.2 Å². The number of aliphatic carboxylic acids is 2. The van der Waals surface area contributed by atoms with Gasteiger partial charge in [0, 0.05) is 18.6 Å². The molecule has 0 unspecified atom stereocenters. The molecule has 2 N–H and O–H groups in total. The number of pyridine rings is 1. The van der Waals surface area contributed by atoms with Gasteiger partial charge >= 0.3 is 44.9 Å². The Kier molecular flexibility index (Phi) is 5.50. The molecular weight excluding hydrogens is 391 g/mol. The molecule has 26 heavy (non-hydrogen) atoms. The van der Waals surface area contributed by atoms with E-state index in [1.54, 1.807) is 0 Å². The summed E-state index contributed by atoms with van der Waals surface area (Å²) in [6.07, 6.45) is 4.22. The molecule has 1 aromatic rings. The van der Waals surface area contributed by atoms with Crippen molar-refractivity contribution >= 4 is 25.4 Å². The Balaban J connectivity index is 0.000000412. The van der Waals surface area contributed by atoms with E-state index >= 15 is 0 Å². The summed E-state index contributed by atoms with van der Waals surface area (Å²) in [5.74, 6) is -3.80. The normalized spacial score (nSPS) is 23.2. The van der Waals surface area contributed by atoms with Gasteiger partial charge in [0.2, 0.25) is 0 Å². The number of nitrogens with zero attached hydrogens (tertiary/aromatic N) is 1. The molecule has 1 aliphatic carbocycles. The van der Waals surface area contributed by atoms with Crippen molar-refractivity contribution in [1.82, 2.24) is 0 Å². The number of carboxylic acids is 2. The summed E-state index contributed by atoms with van der Waals surface area (Å²) in [7, 11) is -10.7. The fourth-order valence-corrected chi connectivity index (χ4v) is 2.54. The Morgan fingerprint density at radius 1 is 0.923 bits per heavy atom. The van der Waals surface area contributed by atoms with Crippen LogP contribution in [-0.2, 0) is 9.59 Å². The Hall–Kier alpha value is -2.16. The van der Waals surface area contributed by atoms with Crippen LogP contribution >= 0.6 is 7.81 Å². The van der Waals surface area contributed by atoms with Crippen LogP contribution in [0.1, 0.15) is 19.8 Å². The van der Waals surface area contributed by atoms with E-state index in [1.807, 2.05) is 42.1 Å². The second-order valence-corrected chi connectivity index (χ2v) is 7.68. The molecule has 0 aromatic carbocycles. The molecule has 0 spiro atoms. The number of aromatic nitrogens is 1. The fourth-order valence-electron chi connectivity index (χ4n) is 2.54. The molecule has 0 amide bonds. The molecule has 1 aromatic heterocycles. The number of rotatable bonds is 3. The third kappa shape index (κ3) is 8.28. The average molecular weight is 407 g/mol. The Morgan fingerprint density at radius 2 is 1.31 bits per heavy atom. The zero-order chi connectivity index (χ0) is 20.4. The van der Waals surface area contributed by atoms with Gasteiger partial charge in [0.25, 0.3) is 0 Å². The van der Waals surface area contributed by atoms with Crippen LogP contribution in [0.4, 0.5) is 25.2 Å². The Bertz CT molecular complexity index is 721.